The van der Waals surface area contributed by atoms with Crippen LogP contribution in [0.25, 0.3) is 0 Å². The number of rotatable bonds is 5. The molecule has 0 unspecified atom stereocenters. The number of esters is 1. The number of hydrogen-bond donors (Lipinski definition) is 1. The van der Waals surface area contributed by atoms with Crippen molar-refractivity contribution in [2.45, 2.75) is 24.9 Å². The van der Waals surface area contributed by atoms with E-state index < -0.39 is 16.0 Å². The standard InChI is InChI=1S/C12H15N3O5S/c1-8(2)15-6-10(13-7-15)21(17,18)14-9-4-5-20-11(9)12(16)19-3/h4-8,14H,1-3H3. The van der Waals surface area contributed by atoms with Gasteiger partial charge in [0.25, 0.3) is 10.0 Å². The highest BCUT2D eigenvalue weighted by Gasteiger charge is 2.23. The van der Waals surface area contributed by atoms with Crippen LogP contribution in [0.3, 0.4) is 0 Å². The van der Waals surface area contributed by atoms with E-state index >= 15 is 0 Å². The van der Waals surface area contributed by atoms with Crippen LogP contribution in [0, 0.1) is 0 Å². The molecule has 0 aliphatic heterocycles. The van der Waals surface area contributed by atoms with Crippen molar-refractivity contribution in [3.63, 3.8) is 0 Å². The lowest BCUT2D eigenvalue weighted by molar-refractivity contribution is 0.0566. The van der Waals surface area contributed by atoms with Gasteiger partial charge in [-0.1, -0.05) is 0 Å². The van der Waals surface area contributed by atoms with Gasteiger partial charge in [0.2, 0.25) is 5.76 Å². The second-order valence-electron chi connectivity index (χ2n) is 4.51. The Hall–Kier alpha value is -2.29. The molecule has 9 heteroatoms. The van der Waals surface area contributed by atoms with Gasteiger partial charge in [0.1, 0.15) is 5.69 Å². The molecule has 0 aliphatic carbocycles. The summed E-state index contributed by atoms with van der Waals surface area (Å²) in [6.45, 7) is 3.80. The minimum absolute atomic E-state index is 0.000877. The van der Waals surface area contributed by atoms with Gasteiger partial charge < -0.3 is 13.7 Å². The van der Waals surface area contributed by atoms with Crippen molar-refractivity contribution in [2.24, 2.45) is 0 Å². The van der Waals surface area contributed by atoms with E-state index in [0.717, 1.165) is 0 Å². The molecule has 0 amide bonds. The van der Waals surface area contributed by atoms with E-state index in [-0.39, 0.29) is 22.5 Å². The number of aromatic nitrogens is 2. The quantitative estimate of drug-likeness (QED) is 0.842. The fourth-order valence-electron chi connectivity index (χ4n) is 1.58. The zero-order valence-corrected chi connectivity index (χ0v) is 12.5. The van der Waals surface area contributed by atoms with Crippen molar-refractivity contribution < 1.29 is 22.4 Å². The van der Waals surface area contributed by atoms with E-state index in [9.17, 15) is 13.2 Å². The molecule has 0 atom stereocenters. The van der Waals surface area contributed by atoms with Crippen LogP contribution < -0.4 is 4.72 Å². The lowest BCUT2D eigenvalue weighted by atomic mass is 10.4. The number of carbonyl (C=O) groups is 1. The molecule has 2 aromatic rings. The summed E-state index contributed by atoms with van der Waals surface area (Å²) in [5.41, 5.74) is 0.000877. The summed E-state index contributed by atoms with van der Waals surface area (Å²) in [7, 11) is -2.74. The number of carbonyl (C=O) groups excluding carboxylic acids is 1. The Bertz CT molecular complexity index is 745. The Labute approximate surface area is 121 Å². The van der Waals surface area contributed by atoms with Crippen LogP contribution in [-0.2, 0) is 14.8 Å². The Morgan fingerprint density at radius 2 is 2.19 bits per heavy atom. The van der Waals surface area contributed by atoms with E-state index in [4.69, 9.17) is 4.42 Å². The molecule has 21 heavy (non-hydrogen) atoms. The number of nitrogens with one attached hydrogen (secondary N) is 1. The van der Waals surface area contributed by atoms with E-state index in [1.807, 2.05) is 13.8 Å². The van der Waals surface area contributed by atoms with E-state index in [2.05, 4.69) is 14.4 Å². The van der Waals surface area contributed by atoms with Crippen LogP contribution in [0.1, 0.15) is 30.4 Å². The number of furan rings is 1. The van der Waals surface area contributed by atoms with Crippen molar-refractivity contribution >= 4 is 21.7 Å². The number of methoxy groups -OCH3 is 1. The first kappa shape index (κ1) is 15.1. The minimum atomic E-state index is -3.91. The fraction of sp³-hybridized carbons (Fsp3) is 0.333. The fourth-order valence-corrected chi connectivity index (χ4v) is 2.58. The second kappa shape index (κ2) is 5.60. The molecular weight excluding hydrogens is 298 g/mol. The van der Waals surface area contributed by atoms with Crippen LogP contribution in [0.4, 0.5) is 5.69 Å². The summed E-state index contributed by atoms with van der Waals surface area (Å²) in [4.78, 5) is 15.3. The number of anilines is 1. The minimum Gasteiger partial charge on any atom is -0.463 e. The largest absolute Gasteiger partial charge is 0.463 e. The zero-order valence-electron chi connectivity index (χ0n) is 11.7. The molecule has 0 saturated carbocycles. The second-order valence-corrected chi connectivity index (χ2v) is 6.14. The maximum Gasteiger partial charge on any atom is 0.376 e. The Morgan fingerprint density at radius 1 is 1.48 bits per heavy atom. The summed E-state index contributed by atoms with van der Waals surface area (Å²) >= 11 is 0. The summed E-state index contributed by atoms with van der Waals surface area (Å²) in [5, 5.41) is -0.145. The highest BCUT2D eigenvalue weighted by atomic mass is 32.2. The van der Waals surface area contributed by atoms with E-state index in [0.29, 0.717) is 0 Å². The van der Waals surface area contributed by atoms with Crippen LogP contribution in [0.15, 0.2) is 34.3 Å². The van der Waals surface area contributed by atoms with Crippen LogP contribution in [0.5, 0.6) is 0 Å². The first-order valence-corrected chi connectivity index (χ1v) is 7.55. The van der Waals surface area contributed by atoms with Crippen molar-refractivity contribution in [3.8, 4) is 0 Å². The maximum absolute atomic E-state index is 12.2. The first-order chi connectivity index (χ1) is 9.85. The predicted molar refractivity (Wildman–Crippen MR) is 73.5 cm³/mol. The first-order valence-electron chi connectivity index (χ1n) is 6.07. The van der Waals surface area contributed by atoms with Crippen molar-refractivity contribution in [3.05, 3.63) is 30.6 Å². The summed E-state index contributed by atoms with van der Waals surface area (Å²) < 4.78 is 37.8. The molecule has 0 spiro atoms. The Balaban J connectivity index is 2.29. The van der Waals surface area contributed by atoms with Gasteiger partial charge in [0, 0.05) is 18.3 Å². The van der Waals surface area contributed by atoms with Crippen molar-refractivity contribution in [1.29, 1.82) is 0 Å². The molecule has 114 valence electrons. The van der Waals surface area contributed by atoms with Gasteiger partial charge in [-0.25, -0.2) is 9.78 Å². The Kier molecular flexibility index (Phi) is 4.03. The van der Waals surface area contributed by atoms with Gasteiger partial charge in [-0.2, -0.15) is 8.42 Å². The Morgan fingerprint density at radius 3 is 2.76 bits per heavy atom. The van der Waals surface area contributed by atoms with Gasteiger partial charge in [-0.05, 0) is 13.8 Å². The molecule has 2 aromatic heterocycles. The average molecular weight is 313 g/mol. The third-order valence-electron chi connectivity index (χ3n) is 2.73. The molecule has 0 radical (unpaired) electrons. The highest BCUT2D eigenvalue weighted by molar-refractivity contribution is 7.92. The maximum atomic E-state index is 12.2. The average Bonchev–Trinajstić information content (AvgIpc) is 3.05. The molecule has 0 aromatic carbocycles. The third kappa shape index (κ3) is 3.07. The smallest absolute Gasteiger partial charge is 0.376 e. The zero-order chi connectivity index (χ0) is 15.6. The number of nitrogens with zero attached hydrogens (tertiary/aromatic N) is 2. The molecule has 2 heterocycles. The molecule has 0 bridgehead atoms. The number of ether oxygens (including phenoxy) is 1. The SMILES string of the molecule is COC(=O)c1occc1NS(=O)(=O)c1cn(C(C)C)cn1. The van der Waals surface area contributed by atoms with Crippen LogP contribution in [-0.4, -0.2) is 31.0 Å². The van der Waals surface area contributed by atoms with Gasteiger partial charge >= 0.3 is 5.97 Å². The highest BCUT2D eigenvalue weighted by Crippen LogP contribution is 2.21. The lowest BCUT2D eigenvalue weighted by Gasteiger charge is -2.06. The normalized spacial score (nSPS) is 11.6. The van der Waals surface area contributed by atoms with E-state index in [1.54, 1.807) is 4.57 Å². The van der Waals surface area contributed by atoms with Crippen LogP contribution in [0.2, 0.25) is 0 Å². The summed E-state index contributed by atoms with van der Waals surface area (Å²) in [6, 6.07) is 1.41. The third-order valence-corrected chi connectivity index (χ3v) is 3.98. The number of imidazole rings is 1. The monoisotopic (exact) mass is 313 g/mol. The van der Waals surface area contributed by atoms with E-state index in [1.165, 1.54) is 32.0 Å². The van der Waals surface area contributed by atoms with Crippen LogP contribution >= 0.6 is 0 Å². The van der Waals surface area contributed by atoms with Gasteiger partial charge in [-0.3, -0.25) is 4.72 Å². The molecule has 2 rings (SSSR count). The van der Waals surface area contributed by atoms with Crippen molar-refractivity contribution in [1.82, 2.24) is 9.55 Å². The molecule has 0 aliphatic rings. The summed E-state index contributed by atoms with van der Waals surface area (Å²) in [6.07, 6.45) is 4.03. The molecular formula is C12H15N3O5S. The topological polar surface area (TPSA) is 103 Å². The van der Waals surface area contributed by atoms with Gasteiger partial charge in [-0.15, -0.1) is 0 Å². The molecule has 8 nitrogen and oxygen atoms in total. The summed E-state index contributed by atoms with van der Waals surface area (Å²) in [5.74, 6) is -0.991. The van der Waals surface area contributed by atoms with Crippen molar-refractivity contribution in [2.75, 3.05) is 11.8 Å². The van der Waals surface area contributed by atoms with Gasteiger partial charge in [0.15, 0.2) is 5.03 Å². The molecule has 1 N–H and O–H groups in total. The lowest BCUT2D eigenvalue weighted by Crippen LogP contribution is -2.15. The molecule has 0 saturated heterocycles. The predicted octanol–water partition coefficient (Wildman–Crippen LogP) is 1.64. The van der Waals surface area contributed by atoms with Gasteiger partial charge in [0.05, 0.1) is 19.7 Å². The molecule has 0 fully saturated rings. The number of sulfonamides is 1. The number of hydrogen-bond acceptors (Lipinski definition) is 6.